The molecule has 1 fully saturated rings. The molecule has 2 aromatic carbocycles. The van der Waals surface area contributed by atoms with Crippen molar-refractivity contribution in [1.29, 1.82) is 0 Å². The van der Waals surface area contributed by atoms with Crippen LogP contribution in [0.1, 0.15) is 39.2 Å². The van der Waals surface area contributed by atoms with Gasteiger partial charge in [0.05, 0.1) is 12.6 Å². The Kier molecular flexibility index (Phi) is 7.40. The van der Waals surface area contributed by atoms with Crippen LogP contribution in [0.3, 0.4) is 0 Å². The molecular formula is C23H29FN2O5S. The number of rotatable bonds is 7. The van der Waals surface area contributed by atoms with Gasteiger partial charge in [0.1, 0.15) is 16.5 Å². The van der Waals surface area contributed by atoms with Crippen molar-refractivity contribution in [1.82, 2.24) is 10.2 Å². The number of carbonyl (C=O) groups excluding carboxylic acids is 1. The maximum atomic E-state index is 13.2. The summed E-state index contributed by atoms with van der Waals surface area (Å²) in [6.07, 6.45) is 1.72. The quantitative estimate of drug-likeness (QED) is 0.624. The Bertz CT molecular complexity index is 1030. The van der Waals surface area contributed by atoms with Crippen LogP contribution in [0, 0.1) is 5.82 Å². The van der Waals surface area contributed by atoms with Crippen LogP contribution >= 0.6 is 0 Å². The lowest BCUT2D eigenvalue weighted by Crippen LogP contribution is -2.50. The Morgan fingerprint density at radius 1 is 1.19 bits per heavy atom. The SMILES string of the molecule is CC(C)(C)NC(=O)N(Cc1ccccc1OS(=O)(=O)c1ccc(F)cc1)CC1CCCO1. The van der Waals surface area contributed by atoms with Crippen LogP contribution in [0.4, 0.5) is 9.18 Å². The highest BCUT2D eigenvalue weighted by Crippen LogP contribution is 2.25. The number of amides is 2. The molecule has 2 aromatic rings. The first-order chi connectivity index (χ1) is 15.0. The molecule has 1 atom stereocenters. The van der Waals surface area contributed by atoms with Crippen LogP contribution in [0.2, 0.25) is 0 Å². The van der Waals surface area contributed by atoms with E-state index in [1.165, 1.54) is 6.07 Å². The van der Waals surface area contributed by atoms with Gasteiger partial charge in [0, 0.05) is 24.3 Å². The van der Waals surface area contributed by atoms with Crippen LogP contribution in [0.15, 0.2) is 53.4 Å². The first kappa shape index (κ1) is 24.0. The smallest absolute Gasteiger partial charge is 0.339 e. The second-order valence-electron chi connectivity index (χ2n) is 8.79. The third-order valence-corrected chi connectivity index (χ3v) is 6.10. The minimum atomic E-state index is -4.17. The van der Waals surface area contributed by atoms with Crippen LogP contribution in [-0.2, 0) is 21.4 Å². The molecule has 0 radical (unpaired) electrons. The van der Waals surface area contributed by atoms with E-state index in [9.17, 15) is 17.6 Å². The second-order valence-corrected chi connectivity index (χ2v) is 10.3. The third-order valence-electron chi connectivity index (χ3n) is 4.85. The van der Waals surface area contributed by atoms with Gasteiger partial charge < -0.3 is 19.1 Å². The van der Waals surface area contributed by atoms with Gasteiger partial charge in [-0.1, -0.05) is 18.2 Å². The van der Waals surface area contributed by atoms with Gasteiger partial charge in [0.2, 0.25) is 0 Å². The Hall–Kier alpha value is -2.65. The summed E-state index contributed by atoms with van der Waals surface area (Å²) in [5.74, 6) is -0.434. The lowest BCUT2D eigenvalue weighted by atomic mass is 10.1. The Morgan fingerprint density at radius 3 is 2.50 bits per heavy atom. The maximum absolute atomic E-state index is 13.2. The highest BCUT2D eigenvalue weighted by Gasteiger charge is 2.27. The van der Waals surface area contributed by atoms with Gasteiger partial charge in [-0.25, -0.2) is 9.18 Å². The lowest BCUT2D eigenvalue weighted by molar-refractivity contribution is 0.0780. The predicted molar refractivity (Wildman–Crippen MR) is 118 cm³/mol. The Labute approximate surface area is 188 Å². The van der Waals surface area contributed by atoms with Crippen molar-refractivity contribution < 1.29 is 26.5 Å². The molecule has 2 amide bonds. The monoisotopic (exact) mass is 464 g/mol. The zero-order chi connectivity index (χ0) is 23.4. The number of nitrogens with zero attached hydrogens (tertiary/aromatic N) is 1. The first-order valence-corrected chi connectivity index (χ1v) is 11.9. The molecule has 0 spiro atoms. The molecule has 0 bridgehead atoms. The minimum absolute atomic E-state index is 0.0725. The summed E-state index contributed by atoms with van der Waals surface area (Å²) in [7, 11) is -4.17. The van der Waals surface area contributed by atoms with Gasteiger partial charge in [-0.05, 0) is 63.9 Å². The fourth-order valence-electron chi connectivity index (χ4n) is 3.34. The Balaban J connectivity index is 1.83. The van der Waals surface area contributed by atoms with Gasteiger partial charge in [0.25, 0.3) is 0 Å². The molecule has 1 heterocycles. The van der Waals surface area contributed by atoms with E-state index < -0.39 is 21.5 Å². The molecular weight excluding hydrogens is 435 g/mol. The summed E-state index contributed by atoms with van der Waals surface area (Å²) < 4.78 is 49.6. The van der Waals surface area contributed by atoms with Crippen molar-refractivity contribution in [3.63, 3.8) is 0 Å². The summed E-state index contributed by atoms with van der Waals surface area (Å²) in [6, 6.07) is 10.8. The van der Waals surface area contributed by atoms with Gasteiger partial charge in [-0.2, -0.15) is 8.42 Å². The number of carbonyl (C=O) groups is 1. The van der Waals surface area contributed by atoms with E-state index in [2.05, 4.69) is 5.32 Å². The van der Waals surface area contributed by atoms with Crippen LogP contribution in [0.25, 0.3) is 0 Å². The molecule has 1 N–H and O–H groups in total. The lowest BCUT2D eigenvalue weighted by Gasteiger charge is -2.30. The zero-order valence-electron chi connectivity index (χ0n) is 18.5. The molecule has 1 unspecified atom stereocenters. The van der Waals surface area contributed by atoms with Crippen molar-refractivity contribution in [2.75, 3.05) is 13.2 Å². The second kappa shape index (κ2) is 9.87. The topological polar surface area (TPSA) is 84.9 Å². The molecule has 32 heavy (non-hydrogen) atoms. The van der Waals surface area contributed by atoms with Crippen molar-refractivity contribution in [3.8, 4) is 5.75 Å². The average molecular weight is 465 g/mol. The number of nitrogens with one attached hydrogen (secondary N) is 1. The number of benzene rings is 2. The van der Waals surface area contributed by atoms with E-state index in [0.717, 1.165) is 37.1 Å². The van der Waals surface area contributed by atoms with Crippen LogP contribution < -0.4 is 9.50 Å². The molecule has 0 aromatic heterocycles. The summed E-state index contributed by atoms with van der Waals surface area (Å²) in [5, 5.41) is 2.95. The summed E-state index contributed by atoms with van der Waals surface area (Å²) in [5.41, 5.74) is 0.0913. The van der Waals surface area contributed by atoms with E-state index in [-0.39, 0.29) is 29.3 Å². The van der Waals surface area contributed by atoms with Crippen LogP contribution in [-0.4, -0.2) is 44.1 Å². The largest absolute Gasteiger partial charge is 0.379 e. The number of ether oxygens (including phenoxy) is 1. The van der Waals surface area contributed by atoms with Crippen molar-refractivity contribution in [3.05, 3.63) is 59.9 Å². The molecule has 3 rings (SSSR count). The van der Waals surface area contributed by atoms with E-state index in [1.54, 1.807) is 23.1 Å². The standard InChI is InChI=1S/C23H29FN2O5S/c1-23(2,3)25-22(27)26(16-19-8-6-14-30-19)15-17-7-4-5-9-21(17)31-32(28,29)20-12-10-18(24)11-13-20/h4-5,7,9-13,19H,6,8,14-16H2,1-3H3,(H,25,27). The number of para-hydroxylation sites is 1. The Morgan fingerprint density at radius 2 is 1.88 bits per heavy atom. The summed E-state index contributed by atoms with van der Waals surface area (Å²) in [6.45, 7) is 6.84. The fourth-order valence-corrected chi connectivity index (χ4v) is 4.31. The zero-order valence-corrected chi connectivity index (χ0v) is 19.3. The molecule has 0 saturated carbocycles. The predicted octanol–water partition coefficient (Wildman–Crippen LogP) is 4.08. The molecule has 174 valence electrons. The van der Waals surface area contributed by atoms with Gasteiger partial charge in [0.15, 0.2) is 0 Å². The third kappa shape index (κ3) is 6.67. The van der Waals surface area contributed by atoms with Gasteiger partial charge in [-0.3, -0.25) is 0 Å². The van der Waals surface area contributed by atoms with E-state index in [0.29, 0.717) is 18.7 Å². The van der Waals surface area contributed by atoms with E-state index in [1.807, 2.05) is 20.8 Å². The molecule has 9 heteroatoms. The molecule has 1 aliphatic heterocycles. The summed E-state index contributed by atoms with van der Waals surface area (Å²) in [4.78, 5) is 14.4. The maximum Gasteiger partial charge on any atom is 0.339 e. The molecule has 1 saturated heterocycles. The normalized spacial score (nSPS) is 16.6. The number of hydrogen-bond acceptors (Lipinski definition) is 5. The number of halogens is 1. The van der Waals surface area contributed by atoms with Crippen LogP contribution in [0.5, 0.6) is 5.75 Å². The molecule has 1 aliphatic rings. The first-order valence-electron chi connectivity index (χ1n) is 10.5. The highest BCUT2D eigenvalue weighted by atomic mass is 32.2. The van der Waals surface area contributed by atoms with Gasteiger partial charge in [-0.15, -0.1) is 0 Å². The molecule has 7 nitrogen and oxygen atoms in total. The molecule has 0 aliphatic carbocycles. The number of hydrogen-bond donors (Lipinski definition) is 1. The average Bonchev–Trinajstić information content (AvgIpc) is 3.21. The van der Waals surface area contributed by atoms with Gasteiger partial charge >= 0.3 is 16.1 Å². The fraction of sp³-hybridized carbons (Fsp3) is 0.435. The summed E-state index contributed by atoms with van der Waals surface area (Å²) >= 11 is 0. The van der Waals surface area contributed by atoms with Crippen molar-refractivity contribution in [2.24, 2.45) is 0 Å². The van der Waals surface area contributed by atoms with Crippen molar-refractivity contribution in [2.45, 2.75) is 56.7 Å². The highest BCUT2D eigenvalue weighted by molar-refractivity contribution is 7.87. The number of urea groups is 1. The van der Waals surface area contributed by atoms with E-state index in [4.69, 9.17) is 8.92 Å². The van der Waals surface area contributed by atoms with E-state index >= 15 is 0 Å². The minimum Gasteiger partial charge on any atom is -0.379 e. The van der Waals surface area contributed by atoms with Crippen molar-refractivity contribution >= 4 is 16.1 Å².